The second-order valence-corrected chi connectivity index (χ2v) is 9.29. The lowest BCUT2D eigenvalue weighted by molar-refractivity contribution is -0.385. The number of nitrogens with one attached hydrogen (secondary N) is 3. The number of hydrogen-bond donors (Lipinski definition) is 3. The number of amides is 1. The topological polar surface area (TPSA) is 153 Å². The number of rotatable bonds is 10. The van der Waals surface area contributed by atoms with E-state index in [-0.39, 0.29) is 24.7 Å². The number of hydrazone groups is 1. The number of para-hydroxylation sites is 1. The molecule has 38 heavy (non-hydrogen) atoms. The number of carbonyl (C=O) groups excluding carboxylic acids is 2. The zero-order valence-electron chi connectivity index (χ0n) is 20.6. The van der Waals surface area contributed by atoms with Gasteiger partial charge in [-0.3, -0.25) is 14.9 Å². The Kier molecular flexibility index (Phi) is 9.95. The average molecular weight is 653 g/mol. The van der Waals surface area contributed by atoms with Gasteiger partial charge in [-0.2, -0.15) is 5.10 Å². The van der Waals surface area contributed by atoms with E-state index in [0.717, 1.165) is 0 Å². The van der Waals surface area contributed by atoms with Crippen molar-refractivity contribution in [1.82, 2.24) is 16.1 Å². The fourth-order valence-electron chi connectivity index (χ4n) is 3.62. The molecule has 0 saturated carbocycles. The van der Waals surface area contributed by atoms with Crippen molar-refractivity contribution in [3.8, 4) is 11.5 Å². The third kappa shape index (κ3) is 6.95. The van der Waals surface area contributed by atoms with Crippen molar-refractivity contribution in [3.05, 3.63) is 72.5 Å². The molecule has 0 bridgehead atoms. The van der Waals surface area contributed by atoms with Crippen molar-refractivity contribution in [3.63, 3.8) is 0 Å². The maximum absolute atomic E-state index is 12.7. The van der Waals surface area contributed by atoms with Crippen LogP contribution in [0.25, 0.3) is 0 Å². The summed E-state index contributed by atoms with van der Waals surface area (Å²) in [5.74, 6) is -0.583. The largest absolute Gasteiger partial charge is 0.489 e. The first kappa shape index (κ1) is 28.8. The molecule has 0 spiro atoms. The van der Waals surface area contributed by atoms with Crippen molar-refractivity contribution in [2.75, 3.05) is 20.3 Å². The SMILES string of the molecule is CCOC(=O)C1=C(C)NC(=S)N[C@H]1c1ccccc1OCC(=O)NN=Cc1cc(I)c(OC)c([N+](=O)[O-])c1. The fourth-order valence-corrected chi connectivity index (χ4v) is 4.75. The van der Waals surface area contributed by atoms with Crippen molar-refractivity contribution in [2.24, 2.45) is 5.10 Å². The number of nitro benzene ring substituents is 1. The van der Waals surface area contributed by atoms with Gasteiger partial charge in [-0.05, 0) is 60.8 Å². The number of esters is 1. The van der Waals surface area contributed by atoms with Gasteiger partial charge in [0.05, 0.1) is 40.0 Å². The molecule has 2 aromatic carbocycles. The van der Waals surface area contributed by atoms with Crippen LogP contribution in [0.3, 0.4) is 0 Å². The van der Waals surface area contributed by atoms with E-state index in [1.807, 2.05) is 22.6 Å². The molecule has 14 heteroatoms. The minimum atomic E-state index is -0.659. The third-order valence-electron chi connectivity index (χ3n) is 5.20. The number of ether oxygens (including phenoxy) is 3. The van der Waals surface area contributed by atoms with Crippen LogP contribution in [0.4, 0.5) is 5.69 Å². The second kappa shape index (κ2) is 13.1. The summed E-state index contributed by atoms with van der Waals surface area (Å²) < 4.78 is 16.6. The molecule has 1 heterocycles. The first-order chi connectivity index (χ1) is 18.2. The van der Waals surface area contributed by atoms with E-state index in [1.54, 1.807) is 44.2 Å². The summed E-state index contributed by atoms with van der Waals surface area (Å²) in [7, 11) is 1.35. The van der Waals surface area contributed by atoms with Crippen LogP contribution in [0, 0.1) is 13.7 Å². The summed E-state index contributed by atoms with van der Waals surface area (Å²) in [5, 5.41) is 21.5. The predicted molar refractivity (Wildman–Crippen MR) is 151 cm³/mol. The number of methoxy groups -OCH3 is 1. The first-order valence-corrected chi connectivity index (χ1v) is 12.7. The number of nitro groups is 1. The Balaban J connectivity index is 1.72. The van der Waals surface area contributed by atoms with E-state index in [0.29, 0.717) is 36.8 Å². The molecule has 0 radical (unpaired) electrons. The van der Waals surface area contributed by atoms with E-state index in [4.69, 9.17) is 26.4 Å². The van der Waals surface area contributed by atoms with Crippen LogP contribution < -0.4 is 25.5 Å². The highest BCUT2D eigenvalue weighted by molar-refractivity contribution is 14.1. The molecule has 0 saturated heterocycles. The first-order valence-electron chi connectivity index (χ1n) is 11.2. The summed E-state index contributed by atoms with van der Waals surface area (Å²) in [6.45, 7) is 3.25. The smallest absolute Gasteiger partial charge is 0.338 e. The highest BCUT2D eigenvalue weighted by Gasteiger charge is 2.32. The van der Waals surface area contributed by atoms with Crippen LogP contribution in [-0.4, -0.2) is 48.5 Å². The molecule has 3 N–H and O–H groups in total. The molecule has 3 rings (SSSR count). The van der Waals surface area contributed by atoms with Crippen molar-refractivity contribution in [1.29, 1.82) is 0 Å². The van der Waals surface area contributed by atoms with E-state index >= 15 is 0 Å². The van der Waals surface area contributed by atoms with Crippen molar-refractivity contribution in [2.45, 2.75) is 19.9 Å². The monoisotopic (exact) mass is 653 g/mol. The Morgan fingerprint density at radius 2 is 2.05 bits per heavy atom. The zero-order chi connectivity index (χ0) is 27.8. The molecule has 1 aliphatic rings. The van der Waals surface area contributed by atoms with E-state index in [9.17, 15) is 19.7 Å². The lowest BCUT2D eigenvalue weighted by atomic mass is 9.95. The van der Waals surface area contributed by atoms with Gasteiger partial charge < -0.3 is 24.8 Å². The molecule has 12 nitrogen and oxygen atoms in total. The van der Waals surface area contributed by atoms with Crippen LogP contribution >= 0.6 is 34.8 Å². The molecule has 1 amide bonds. The van der Waals surface area contributed by atoms with Crippen molar-refractivity contribution >= 4 is 63.7 Å². The Labute approximate surface area is 237 Å². The van der Waals surface area contributed by atoms with Crippen LogP contribution in [-0.2, 0) is 14.3 Å². The number of halogens is 1. The van der Waals surface area contributed by atoms with Gasteiger partial charge in [-0.15, -0.1) is 0 Å². The molecule has 2 aromatic rings. The van der Waals surface area contributed by atoms with Gasteiger partial charge in [0.25, 0.3) is 5.91 Å². The lowest BCUT2D eigenvalue weighted by Crippen LogP contribution is -2.45. The molecule has 1 atom stereocenters. The maximum atomic E-state index is 12.7. The number of benzene rings is 2. The predicted octanol–water partition coefficient (Wildman–Crippen LogP) is 3.09. The van der Waals surface area contributed by atoms with Gasteiger partial charge in [0.15, 0.2) is 11.7 Å². The molecule has 1 aliphatic heterocycles. The van der Waals surface area contributed by atoms with Crippen LogP contribution in [0.2, 0.25) is 0 Å². The Morgan fingerprint density at radius 3 is 2.74 bits per heavy atom. The normalized spacial score (nSPS) is 14.9. The second-order valence-electron chi connectivity index (χ2n) is 7.72. The summed E-state index contributed by atoms with van der Waals surface area (Å²) in [4.78, 5) is 35.8. The van der Waals surface area contributed by atoms with E-state index in [1.165, 1.54) is 19.4 Å². The molecule has 0 unspecified atom stereocenters. The molecular formula is C24H24IN5O7S. The van der Waals surface area contributed by atoms with E-state index < -0.39 is 22.8 Å². The molecule has 0 fully saturated rings. The molecular weight excluding hydrogens is 629 g/mol. The van der Waals surface area contributed by atoms with Gasteiger partial charge in [0, 0.05) is 22.9 Å². The Bertz CT molecular complexity index is 1330. The number of thiocarbonyl (C=S) groups is 1. The quantitative estimate of drug-likeness (QED) is 0.0871. The number of hydrogen-bond acceptors (Lipinski definition) is 9. The van der Waals surface area contributed by atoms with Gasteiger partial charge in [-0.1, -0.05) is 18.2 Å². The van der Waals surface area contributed by atoms with Gasteiger partial charge in [-0.25, -0.2) is 10.2 Å². The van der Waals surface area contributed by atoms with Crippen LogP contribution in [0.1, 0.15) is 31.0 Å². The minimum Gasteiger partial charge on any atom is -0.489 e. The summed E-state index contributed by atoms with van der Waals surface area (Å²) in [6, 6.07) is 9.17. The molecule has 0 aromatic heterocycles. The summed E-state index contributed by atoms with van der Waals surface area (Å²) in [6.07, 6.45) is 1.28. The summed E-state index contributed by atoms with van der Waals surface area (Å²) >= 11 is 7.19. The zero-order valence-corrected chi connectivity index (χ0v) is 23.5. The van der Waals surface area contributed by atoms with Gasteiger partial charge in [0.1, 0.15) is 5.75 Å². The van der Waals surface area contributed by atoms with Crippen LogP contribution in [0.15, 0.2) is 52.8 Å². The van der Waals surface area contributed by atoms with Crippen molar-refractivity contribution < 1.29 is 28.7 Å². The average Bonchev–Trinajstić information content (AvgIpc) is 2.87. The number of nitrogens with zero attached hydrogens (tertiary/aromatic N) is 2. The Morgan fingerprint density at radius 1 is 1.32 bits per heavy atom. The maximum Gasteiger partial charge on any atom is 0.338 e. The molecule has 200 valence electrons. The molecule has 0 aliphatic carbocycles. The third-order valence-corrected chi connectivity index (χ3v) is 6.22. The van der Waals surface area contributed by atoms with Gasteiger partial charge >= 0.3 is 11.7 Å². The highest BCUT2D eigenvalue weighted by Crippen LogP contribution is 2.34. The summed E-state index contributed by atoms with van der Waals surface area (Å²) in [5.41, 5.74) is 3.98. The highest BCUT2D eigenvalue weighted by atomic mass is 127. The van der Waals surface area contributed by atoms with Crippen LogP contribution in [0.5, 0.6) is 11.5 Å². The number of allylic oxidation sites excluding steroid dienone is 1. The lowest BCUT2D eigenvalue weighted by Gasteiger charge is -2.30. The van der Waals surface area contributed by atoms with Gasteiger partial charge in [0.2, 0.25) is 5.75 Å². The fraction of sp³-hybridized carbons (Fsp3) is 0.250. The number of carbonyl (C=O) groups is 2. The Hall–Kier alpha value is -3.79. The van der Waals surface area contributed by atoms with E-state index in [2.05, 4.69) is 21.2 Å². The standard InChI is InChI=1S/C24H24IN5O7S/c1-4-36-23(32)20-13(2)27-24(38)28-21(20)15-7-5-6-8-18(15)37-12-19(31)29-26-11-14-9-16(25)22(35-3)17(10-14)30(33)34/h5-11,21H,4,12H2,1-3H3,(H,29,31)(H2,27,28,38)/t21-/m0/s1. The minimum absolute atomic E-state index is 0.143.